The standard InChI is InChI=1S/C13H11Cl2N3O2S/c14-10-5-4-9(6-11(10)15)21-7-8-2-1-3-12(18(19)20)13(8)17-16/h1-6,17H,7,16H2. The number of hydrazine groups is 1. The van der Waals surface area contributed by atoms with Gasteiger partial charge < -0.3 is 5.43 Å². The van der Waals surface area contributed by atoms with Crippen LogP contribution >= 0.6 is 35.0 Å². The number of benzene rings is 2. The summed E-state index contributed by atoms with van der Waals surface area (Å²) in [6.07, 6.45) is 0. The molecule has 0 aliphatic heterocycles. The zero-order valence-corrected chi connectivity index (χ0v) is 13.0. The van der Waals surface area contributed by atoms with Gasteiger partial charge in [0.05, 0.1) is 15.0 Å². The van der Waals surface area contributed by atoms with Crippen molar-refractivity contribution in [2.45, 2.75) is 10.6 Å². The van der Waals surface area contributed by atoms with E-state index in [0.29, 0.717) is 21.5 Å². The Bertz CT molecular complexity index is 682. The van der Waals surface area contributed by atoms with Crippen LogP contribution in [0, 0.1) is 10.1 Å². The summed E-state index contributed by atoms with van der Waals surface area (Å²) in [5.41, 5.74) is 3.40. The third kappa shape index (κ3) is 3.79. The Hall–Kier alpha value is -1.47. The predicted molar refractivity (Wildman–Crippen MR) is 86.9 cm³/mol. The summed E-state index contributed by atoms with van der Waals surface area (Å²) in [6, 6.07) is 10.1. The van der Waals surface area contributed by atoms with Crippen LogP contribution in [0.1, 0.15) is 5.56 Å². The van der Waals surface area contributed by atoms with Gasteiger partial charge in [0.25, 0.3) is 5.69 Å². The molecule has 110 valence electrons. The second-order valence-corrected chi connectivity index (χ2v) is 5.94. The molecule has 5 nitrogen and oxygen atoms in total. The van der Waals surface area contributed by atoms with E-state index in [-0.39, 0.29) is 5.69 Å². The molecule has 0 aromatic heterocycles. The summed E-state index contributed by atoms with van der Waals surface area (Å²) in [7, 11) is 0. The molecule has 0 heterocycles. The molecule has 2 aromatic carbocycles. The summed E-state index contributed by atoms with van der Waals surface area (Å²) in [6.45, 7) is 0. The molecule has 0 spiro atoms. The van der Waals surface area contributed by atoms with E-state index in [1.807, 2.05) is 6.07 Å². The number of para-hydroxylation sites is 1. The SMILES string of the molecule is NNc1c(CSc2ccc(Cl)c(Cl)c2)cccc1[N+](=O)[O-]. The van der Waals surface area contributed by atoms with Crippen LogP contribution in [0.4, 0.5) is 11.4 Å². The van der Waals surface area contributed by atoms with E-state index in [9.17, 15) is 10.1 Å². The molecule has 0 aliphatic carbocycles. The first-order valence-corrected chi connectivity index (χ1v) is 7.58. The summed E-state index contributed by atoms with van der Waals surface area (Å²) < 4.78 is 0. The molecule has 0 saturated carbocycles. The van der Waals surface area contributed by atoms with Crippen molar-refractivity contribution in [1.82, 2.24) is 0 Å². The number of hydrogen-bond acceptors (Lipinski definition) is 5. The molecule has 21 heavy (non-hydrogen) atoms. The highest BCUT2D eigenvalue weighted by Gasteiger charge is 2.16. The molecule has 0 fully saturated rings. The zero-order valence-electron chi connectivity index (χ0n) is 10.7. The van der Waals surface area contributed by atoms with E-state index in [4.69, 9.17) is 29.0 Å². The highest BCUT2D eigenvalue weighted by atomic mass is 35.5. The first kappa shape index (κ1) is 15.9. The Morgan fingerprint density at radius 1 is 1.24 bits per heavy atom. The fourth-order valence-corrected chi connectivity index (χ4v) is 3.04. The van der Waals surface area contributed by atoms with Gasteiger partial charge in [-0.15, -0.1) is 11.8 Å². The second kappa shape index (κ2) is 7.00. The van der Waals surface area contributed by atoms with Gasteiger partial charge in [-0.25, -0.2) is 0 Å². The number of hydrogen-bond donors (Lipinski definition) is 2. The largest absolute Gasteiger partial charge is 0.318 e. The van der Waals surface area contributed by atoms with Crippen LogP contribution in [0.3, 0.4) is 0 Å². The molecular formula is C13H11Cl2N3O2S. The van der Waals surface area contributed by atoms with Crippen molar-refractivity contribution in [3.63, 3.8) is 0 Å². The van der Waals surface area contributed by atoms with E-state index in [1.54, 1.807) is 24.3 Å². The fraction of sp³-hybridized carbons (Fsp3) is 0.0769. The molecule has 0 amide bonds. The number of anilines is 1. The van der Waals surface area contributed by atoms with Gasteiger partial charge in [-0.2, -0.15) is 0 Å². The lowest BCUT2D eigenvalue weighted by Gasteiger charge is -2.09. The van der Waals surface area contributed by atoms with Crippen molar-refractivity contribution in [2.75, 3.05) is 5.43 Å². The third-order valence-electron chi connectivity index (χ3n) is 2.76. The van der Waals surface area contributed by atoms with Crippen LogP contribution in [0.2, 0.25) is 10.0 Å². The van der Waals surface area contributed by atoms with Gasteiger partial charge in [0.1, 0.15) is 5.69 Å². The quantitative estimate of drug-likeness (QED) is 0.362. The van der Waals surface area contributed by atoms with Crippen molar-refractivity contribution in [3.05, 3.63) is 62.1 Å². The minimum absolute atomic E-state index is 0.0512. The Morgan fingerprint density at radius 2 is 2.00 bits per heavy atom. The number of nitrogens with zero attached hydrogens (tertiary/aromatic N) is 1. The van der Waals surface area contributed by atoms with Crippen LogP contribution in [-0.4, -0.2) is 4.92 Å². The van der Waals surface area contributed by atoms with Crippen LogP contribution < -0.4 is 11.3 Å². The minimum Gasteiger partial charge on any atom is -0.318 e. The minimum atomic E-state index is -0.470. The predicted octanol–water partition coefficient (Wildman–Crippen LogP) is 4.48. The summed E-state index contributed by atoms with van der Waals surface area (Å²) in [5, 5.41) is 11.9. The van der Waals surface area contributed by atoms with Crippen molar-refractivity contribution in [3.8, 4) is 0 Å². The summed E-state index contributed by atoms with van der Waals surface area (Å²) >= 11 is 13.3. The molecule has 2 rings (SSSR count). The van der Waals surface area contributed by atoms with E-state index in [0.717, 1.165) is 10.5 Å². The fourth-order valence-electron chi connectivity index (χ4n) is 1.75. The maximum absolute atomic E-state index is 11.0. The number of thioether (sulfide) groups is 1. The van der Waals surface area contributed by atoms with Crippen LogP contribution in [-0.2, 0) is 5.75 Å². The van der Waals surface area contributed by atoms with E-state index in [2.05, 4.69) is 5.43 Å². The Morgan fingerprint density at radius 3 is 2.62 bits per heavy atom. The zero-order chi connectivity index (χ0) is 15.4. The Labute approximate surface area is 135 Å². The lowest BCUT2D eigenvalue weighted by atomic mass is 10.2. The smallest absolute Gasteiger partial charge is 0.293 e. The molecule has 0 unspecified atom stereocenters. The van der Waals surface area contributed by atoms with Crippen molar-refractivity contribution >= 4 is 46.3 Å². The second-order valence-electron chi connectivity index (χ2n) is 4.08. The van der Waals surface area contributed by atoms with Crippen molar-refractivity contribution in [2.24, 2.45) is 5.84 Å². The van der Waals surface area contributed by atoms with Gasteiger partial charge in [0, 0.05) is 16.7 Å². The van der Waals surface area contributed by atoms with E-state index >= 15 is 0 Å². The van der Waals surface area contributed by atoms with E-state index < -0.39 is 4.92 Å². The molecule has 3 N–H and O–H groups in total. The van der Waals surface area contributed by atoms with Gasteiger partial charge in [-0.3, -0.25) is 16.0 Å². The number of nitrogens with two attached hydrogens (primary N) is 1. The summed E-state index contributed by atoms with van der Waals surface area (Å²) in [4.78, 5) is 11.4. The first-order chi connectivity index (χ1) is 10.0. The molecule has 8 heteroatoms. The maximum Gasteiger partial charge on any atom is 0.293 e. The van der Waals surface area contributed by atoms with Gasteiger partial charge in [-0.1, -0.05) is 35.3 Å². The number of nitro benzene ring substituents is 1. The summed E-state index contributed by atoms with van der Waals surface area (Å²) in [5.74, 6) is 5.91. The third-order valence-corrected chi connectivity index (χ3v) is 4.54. The van der Waals surface area contributed by atoms with Gasteiger partial charge in [0.15, 0.2) is 0 Å². The average Bonchev–Trinajstić information content (AvgIpc) is 2.47. The molecule has 2 aromatic rings. The van der Waals surface area contributed by atoms with Gasteiger partial charge >= 0.3 is 0 Å². The van der Waals surface area contributed by atoms with Crippen LogP contribution in [0.25, 0.3) is 0 Å². The lowest BCUT2D eigenvalue weighted by molar-refractivity contribution is -0.384. The molecule has 0 saturated heterocycles. The van der Waals surface area contributed by atoms with E-state index in [1.165, 1.54) is 17.8 Å². The van der Waals surface area contributed by atoms with Gasteiger partial charge in [0.2, 0.25) is 0 Å². The Kier molecular flexibility index (Phi) is 5.30. The van der Waals surface area contributed by atoms with Crippen LogP contribution in [0.5, 0.6) is 0 Å². The molecule has 0 aliphatic rings. The number of nitrogens with one attached hydrogen (secondary N) is 1. The normalized spacial score (nSPS) is 10.4. The maximum atomic E-state index is 11.0. The monoisotopic (exact) mass is 343 g/mol. The lowest BCUT2D eigenvalue weighted by Crippen LogP contribution is -2.11. The number of nitro groups is 1. The van der Waals surface area contributed by atoms with Crippen molar-refractivity contribution in [1.29, 1.82) is 0 Å². The first-order valence-electron chi connectivity index (χ1n) is 5.83. The highest BCUT2D eigenvalue weighted by molar-refractivity contribution is 7.98. The topological polar surface area (TPSA) is 81.2 Å². The number of nitrogen functional groups attached to an aromatic ring is 1. The number of rotatable bonds is 5. The Balaban J connectivity index is 2.21. The molecule has 0 atom stereocenters. The highest BCUT2D eigenvalue weighted by Crippen LogP contribution is 2.34. The van der Waals surface area contributed by atoms with Crippen molar-refractivity contribution < 1.29 is 4.92 Å². The number of halogens is 2. The molecule has 0 bridgehead atoms. The molecular weight excluding hydrogens is 333 g/mol. The average molecular weight is 344 g/mol. The van der Waals surface area contributed by atoms with Gasteiger partial charge in [-0.05, 0) is 23.8 Å². The molecule has 0 radical (unpaired) electrons. The van der Waals surface area contributed by atoms with Crippen LogP contribution in [0.15, 0.2) is 41.3 Å².